The van der Waals surface area contributed by atoms with Crippen LogP contribution in [0.15, 0.2) is 60.7 Å². The number of nitrogens with zero attached hydrogens (tertiary/aromatic N) is 4. The fourth-order valence-corrected chi connectivity index (χ4v) is 5.19. The van der Waals surface area contributed by atoms with Crippen molar-refractivity contribution in [2.24, 2.45) is 5.92 Å². The molecule has 0 unspecified atom stereocenters. The maximum atomic E-state index is 13.8. The van der Waals surface area contributed by atoms with Gasteiger partial charge in [0.05, 0.1) is 25.7 Å². The van der Waals surface area contributed by atoms with E-state index in [0.717, 1.165) is 11.1 Å². The van der Waals surface area contributed by atoms with Gasteiger partial charge < -0.3 is 15.1 Å². The number of rotatable bonds is 7. The van der Waals surface area contributed by atoms with Gasteiger partial charge >= 0.3 is 6.03 Å². The smallest absolute Gasteiger partial charge is 0.333 e. The Balaban J connectivity index is 1.69. The summed E-state index contributed by atoms with van der Waals surface area (Å²) in [5, 5.41) is 6.14. The molecule has 2 aliphatic rings. The number of terminal acetylenes is 1. The molecule has 37 heavy (non-hydrogen) atoms. The molecule has 2 aliphatic heterocycles. The Kier molecular flexibility index (Phi) is 8.14. The number of urea groups is 1. The molecule has 3 atom stereocenters. The number of hydrogen-bond acceptors (Lipinski definition) is 4. The summed E-state index contributed by atoms with van der Waals surface area (Å²) < 4.78 is 0. The molecule has 194 valence electrons. The van der Waals surface area contributed by atoms with Crippen molar-refractivity contribution in [2.75, 3.05) is 19.6 Å². The summed E-state index contributed by atoms with van der Waals surface area (Å²) in [5.41, 5.74) is 1.95. The number of benzene rings is 2. The molecule has 1 N–H and O–H groups in total. The second-order valence-corrected chi connectivity index (χ2v) is 10.0. The second kappa shape index (κ2) is 11.5. The number of hydrogen-bond donors (Lipinski definition) is 1. The Hall–Kier alpha value is -3.83. The first kappa shape index (κ1) is 26.2. The van der Waals surface area contributed by atoms with Gasteiger partial charge in [-0.25, -0.2) is 9.80 Å². The quantitative estimate of drug-likeness (QED) is 0.591. The van der Waals surface area contributed by atoms with Gasteiger partial charge in [-0.15, -0.1) is 6.42 Å². The zero-order chi connectivity index (χ0) is 26.5. The summed E-state index contributed by atoms with van der Waals surface area (Å²) in [7, 11) is 0. The lowest BCUT2D eigenvalue weighted by Crippen LogP contribution is -2.76. The minimum atomic E-state index is -0.669. The topological polar surface area (TPSA) is 76.2 Å². The van der Waals surface area contributed by atoms with E-state index in [1.165, 1.54) is 0 Å². The number of hydrazine groups is 1. The highest BCUT2D eigenvalue weighted by atomic mass is 16.2. The Labute approximate surface area is 219 Å². The van der Waals surface area contributed by atoms with Crippen LogP contribution in [-0.2, 0) is 16.1 Å². The lowest BCUT2D eigenvalue weighted by Gasteiger charge is -2.56. The van der Waals surface area contributed by atoms with Crippen LogP contribution in [0.4, 0.5) is 4.79 Å². The van der Waals surface area contributed by atoms with Crippen molar-refractivity contribution < 1.29 is 14.4 Å². The maximum absolute atomic E-state index is 13.8. The zero-order valence-corrected chi connectivity index (χ0v) is 21.7. The fraction of sp³-hybridized carbons (Fsp3) is 0.414. The van der Waals surface area contributed by atoms with E-state index in [1.54, 1.807) is 19.8 Å². The minimum absolute atomic E-state index is 0.0599. The monoisotopic (exact) mass is 501 g/mol. The van der Waals surface area contributed by atoms with Gasteiger partial charge in [0.15, 0.2) is 0 Å². The van der Waals surface area contributed by atoms with E-state index in [2.05, 4.69) is 11.2 Å². The highest BCUT2D eigenvalue weighted by molar-refractivity contribution is 5.91. The van der Waals surface area contributed by atoms with Crippen molar-refractivity contribution in [2.45, 2.75) is 52.0 Å². The van der Waals surface area contributed by atoms with Crippen LogP contribution in [0.1, 0.15) is 44.4 Å². The molecule has 2 heterocycles. The molecule has 2 saturated heterocycles. The molecule has 8 nitrogen and oxygen atoms in total. The molecule has 0 aliphatic carbocycles. The van der Waals surface area contributed by atoms with E-state index in [9.17, 15) is 14.4 Å². The number of carbonyl (C=O) groups is 3. The summed E-state index contributed by atoms with van der Waals surface area (Å²) in [4.78, 5) is 44.3. The van der Waals surface area contributed by atoms with E-state index < -0.39 is 12.2 Å². The minimum Gasteiger partial charge on any atom is -0.333 e. The zero-order valence-electron chi connectivity index (χ0n) is 21.7. The summed E-state index contributed by atoms with van der Waals surface area (Å²) in [6.07, 6.45) is 5.47. The van der Waals surface area contributed by atoms with Crippen LogP contribution in [0.2, 0.25) is 0 Å². The predicted molar refractivity (Wildman–Crippen MR) is 141 cm³/mol. The standard InChI is InChI=1S/C29H35N5O3/c1-5-16-31-20-27(35)33-25(17-21(2)3)28(36)32(22(4)24-14-10-7-11-15-24)19-26(33)34(31)29(37)30-18-23-12-8-6-9-13-23/h1,6-15,21-22,25-26H,16-20H2,2-4H3,(H,30,37)/t22-,25-,26-/m0/s1. The SMILES string of the molecule is C#CCN1CC(=O)N2[C@@H](CC(C)C)C(=O)N([C@@H](C)c3ccccc3)C[C@@H]2N1C(=O)NCc1ccccc1. The second-order valence-electron chi connectivity index (χ2n) is 10.0. The molecule has 0 spiro atoms. The first-order chi connectivity index (χ1) is 17.8. The molecule has 2 aromatic carbocycles. The Morgan fingerprint density at radius 2 is 1.70 bits per heavy atom. The van der Waals surface area contributed by atoms with Gasteiger partial charge in [-0.1, -0.05) is 80.4 Å². The van der Waals surface area contributed by atoms with Crippen molar-refractivity contribution in [1.82, 2.24) is 25.1 Å². The van der Waals surface area contributed by atoms with Gasteiger partial charge in [0.1, 0.15) is 12.2 Å². The van der Waals surface area contributed by atoms with Crippen molar-refractivity contribution >= 4 is 17.8 Å². The van der Waals surface area contributed by atoms with Gasteiger partial charge in [0.25, 0.3) is 0 Å². The van der Waals surface area contributed by atoms with Gasteiger partial charge in [-0.3, -0.25) is 9.59 Å². The Morgan fingerprint density at radius 3 is 2.32 bits per heavy atom. The van der Waals surface area contributed by atoms with E-state index in [4.69, 9.17) is 6.42 Å². The van der Waals surface area contributed by atoms with Crippen LogP contribution >= 0.6 is 0 Å². The first-order valence-corrected chi connectivity index (χ1v) is 12.8. The average molecular weight is 502 g/mol. The third-order valence-corrected chi connectivity index (χ3v) is 6.99. The maximum Gasteiger partial charge on any atom is 0.334 e. The van der Waals surface area contributed by atoms with Gasteiger partial charge in [-0.05, 0) is 30.4 Å². The predicted octanol–water partition coefficient (Wildman–Crippen LogP) is 3.23. The molecule has 4 amide bonds. The van der Waals surface area contributed by atoms with Gasteiger partial charge in [0, 0.05) is 6.54 Å². The fourth-order valence-electron chi connectivity index (χ4n) is 5.19. The highest BCUT2D eigenvalue weighted by Gasteiger charge is 2.52. The van der Waals surface area contributed by atoms with Crippen molar-refractivity contribution in [1.29, 1.82) is 0 Å². The molecule has 0 saturated carbocycles. The van der Waals surface area contributed by atoms with Crippen LogP contribution in [0.3, 0.4) is 0 Å². The van der Waals surface area contributed by atoms with Crippen LogP contribution < -0.4 is 5.32 Å². The molecule has 8 heteroatoms. The Morgan fingerprint density at radius 1 is 1.05 bits per heavy atom. The third-order valence-electron chi connectivity index (χ3n) is 6.99. The normalized spacial score (nSPS) is 21.0. The molecular weight excluding hydrogens is 466 g/mol. The highest BCUT2D eigenvalue weighted by Crippen LogP contribution is 2.33. The lowest BCUT2D eigenvalue weighted by atomic mass is 9.95. The van der Waals surface area contributed by atoms with Crippen LogP contribution in [0, 0.1) is 18.3 Å². The van der Waals surface area contributed by atoms with Crippen molar-refractivity contribution in [3.63, 3.8) is 0 Å². The summed E-state index contributed by atoms with van der Waals surface area (Å²) in [6, 6.07) is 18.2. The summed E-state index contributed by atoms with van der Waals surface area (Å²) in [5.74, 6) is 2.47. The molecular formula is C29H35N5O3. The van der Waals surface area contributed by atoms with Crippen LogP contribution in [-0.4, -0.2) is 69.5 Å². The molecule has 0 bridgehead atoms. The van der Waals surface area contributed by atoms with E-state index in [-0.39, 0.29) is 49.4 Å². The Bertz CT molecular complexity index is 1150. The molecule has 2 aromatic rings. The third kappa shape index (κ3) is 5.62. The van der Waals surface area contributed by atoms with E-state index in [0.29, 0.717) is 13.0 Å². The lowest BCUT2D eigenvalue weighted by molar-refractivity contribution is -0.191. The number of amides is 4. The molecule has 0 radical (unpaired) electrons. The molecule has 2 fully saturated rings. The van der Waals surface area contributed by atoms with E-state index >= 15 is 0 Å². The van der Waals surface area contributed by atoms with Crippen molar-refractivity contribution in [3.8, 4) is 12.3 Å². The summed E-state index contributed by atoms with van der Waals surface area (Å²) >= 11 is 0. The van der Waals surface area contributed by atoms with Crippen molar-refractivity contribution in [3.05, 3.63) is 71.8 Å². The largest absolute Gasteiger partial charge is 0.334 e. The van der Waals surface area contributed by atoms with Gasteiger partial charge in [-0.2, -0.15) is 5.01 Å². The van der Waals surface area contributed by atoms with E-state index in [1.807, 2.05) is 81.4 Å². The number of fused-ring (bicyclic) bond motifs is 1. The molecule has 4 rings (SSSR count). The summed E-state index contributed by atoms with van der Waals surface area (Å²) in [6.45, 7) is 6.62. The number of nitrogens with one attached hydrogen (secondary N) is 1. The molecule has 0 aromatic heterocycles. The average Bonchev–Trinajstić information content (AvgIpc) is 2.89. The number of carbonyl (C=O) groups excluding carboxylic acids is 3. The number of piperazine rings is 1. The van der Waals surface area contributed by atoms with Crippen LogP contribution in [0.5, 0.6) is 0 Å². The van der Waals surface area contributed by atoms with Gasteiger partial charge in [0.2, 0.25) is 11.8 Å². The first-order valence-electron chi connectivity index (χ1n) is 12.8. The van der Waals surface area contributed by atoms with Crippen LogP contribution in [0.25, 0.3) is 0 Å².